The number of halogens is 1. The van der Waals surface area contributed by atoms with E-state index in [4.69, 9.17) is 11.6 Å². The van der Waals surface area contributed by atoms with Crippen molar-refractivity contribution in [3.05, 3.63) is 59.1 Å². The first-order chi connectivity index (χ1) is 16.0. The average Bonchev–Trinajstić information content (AvgIpc) is 3.61. The zero-order chi connectivity index (χ0) is 23.1. The number of hydrogen-bond donors (Lipinski definition) is 1. The maximum Gasteiger partial charge on any atom is 0.211 e. The lowest BCUT2D eigenvalue weighted by Gasteiger charge is -2.35. The van der Waals surface area contributed by atoms with Gasteiger partial charge in [-0.25, -0.2) is 13.1 Å². The molecule has 1 saturated carbocycles. The lowest BCUT2D eigenvalue weighted by Crippen LogP contribution is -2.46. The van der Waals surface area contributed by atoms with Gasteiger partial charge in [0, 0.05) is 43.8 Å². The molecule has 1 aliphatic heterocycles. The van der Waals surface area contributed by atoms with Crippen molar-refractivity contribution < 1.29 is 8.42 Å². The third kappa shape index (κ3) is 8.08. The lowest BCUT2D eigenvalue weighted by atomic mass is 9.99. The van der Waals surface area contributed by atoms with E-state index >= 15 is 0 Å². The fourth-order valence-electron chi connectivity index (χ4n) is 4.48. The molecule has 0 bridgehead atoms. The molecule has 0 radical (unpaired) electrons. The number of hydrogen-bond acceptors (Lipinski definition) is 4. The predicted molar refractivity (Wildman–Crippen MR) is 137 cm³/mol. The summed E-state index contributed by atoms with van der Waals surface area (Å²) < 4.78 is 26.6. The van der Waals surface area contributed by atoms with Gasteiger partial charge in [-0.05, 0) is 61.1 Å². The highest BCUT2D eigenvalue weighted by molar-refractivity contribution is 7.89. The molecule has 2 aliphatic rings. The Labute approximate surface area is 204 Å². The SMILES string of the molecule is O=S(=O)(CCCCCCN1CCN(Cc2ccccc2-c2ccc(Cl)cc2)CC1)NC1CC1. The summed E-state index contributed by atoms with van der Waals surface area (Å²) in [5.41, 5.74) is 3.86. The van der Waals surface area contributed by atoms with Crippen LogP contribution >= 0.6 is 11.6 Å². The van der Waals surface area contributed by atoms with Crippen molar-refractivity contribution in [1.82, 2.24) is 14.5 Å². The van der Waals surface area contributed by atoms with Crippen LogP contribution in [0.2, 0.25) is 5.02 Å². The van der Waals surface area contributed by atoms with Crippen molar-refractivity contribution in [2.45, 2.75) is 51.1 Å². The molecule has 0 amide bonds. The minimum atomic E-state index is -3.05. The Hall–Kier alpha value is -1.44. The molecule has 0 aromatic heterocycles. The maximum absolute atomic E-state index is 11.9. The van der Waals surface area contributed by atoms with Gasteiger partial charge in [-0.15, -0.1) is 0 Å². The monoisotopic (exact) mass is 489 g/mol. The normalized spacial score (nSPS) is 18.0. The summed E-state index contributed by atoms with van der Waals surface area (Å²) in [6.07, 6.45) is 6.02. The molecule has 2 fully saturated rings. The van der Waals surface area contributed by atoms with Crippen LogP contribution in [0.5, 0.6) is 0 Å². The molecule has 2 aromatic rings. The van der Waals surface area contributed by atoms with Gasteiger partial charge in [-0.2, -0.15) is 0 Å². The van der Waals surface area contributed by atoms with Gasteiger partial charge in [-0.1, -0.05) is 60.8 Å². The molecule has 0 unspecified atom stereocenters. The van der Waals surface area contributed by atoms with Crippen LogP contribution in [0.1, 0.15) is 44.1 Å². The second kappa shape index (κ2) is 11.8. The van der Waals surface area contributed by atoms with Gasteiger partial charge < -0.3 is 4.90 Å². The zero-order valence-corrected chi connectivity index (χ0v) is 21.0. The van der Waals surface area contributed by atoms with Crippen molar-refractivity contribution in [2.75, 3.05) is 38.5 Å². The summed E-state index contributed by atoms with van der Waals surface area (Å²) in [5.74, 6) is 0.277. The second-order valence-electron chi connectivity index (χ2n) is 9.41. The molecule has 1 heterocycles. The lowest BCUT2D eigenvalue weighted by molar-refractivity contribution is 0.125. The van der Waals surface area contributed by atoms with Crippen LogP contribution in [-0.4, -0.2) is 62.7 Å². The van der Waals surface area contributed by atoms with E-state index in [2.05, 4.69) is 50.9 Å². The molecule has 0 spiro atoms. The minimum Gasteiger partial charge on any atom is -0.301 e. The van der Waals surface area contributed by atoms with Crippen molar-refractivity contribution in [1.29, 1.82) is 0 Å². The van der Waals surface area contributed by atoms with E-state index in [1.165, 1.54) is 16.7 Å². The molecule has 4 rings (SSSR count). The number of unbranched alkanes of at least 4 members (excludes halogenated alkanes) is 3. The Balaban J connectivity index is 1.14. The molecule has 2 aromatic carbocycles. The van der Waals surface area contributed by atoms with Crippen LogP contribution < -0.4 is 4.72 Å². The minimum absolute atomic E-state index is 0.222. The van der Waals surface area contributed by atoms with Gasteiger partial charge in [0.2, 0.25) is 10.0 Å². The van der Waals surface area contributed by atoms with Gasteiger partial charge >= 0.3 is 0 Å². The van der Waals surface area contributed by atoms with Crippen molar-refractivity contribution in [2.24, 2.45) is 0 Å². The molecule has 1 N–H and O–H groups in total. The summed E-state index contributed by atoms with van der Waals surface area (Å²) in [7, 11) is -3.05. The van der Waals surface area contributed by atoms with Crippen LogP contribution in [0, 0.1) is 0 Å². The third-order valence-electron chi connectivity index (χ3n) is 6.59. The third-order valence-corrected chi connectivity index (χ3v) is 8.36. The molecule has 33 heavy (non-hydrogen) atoms. The van der Waals surface area contributed by atoms with Gasteiger partial charge in [-0.3, -0.25) is 4.90 Å². The van der Waals surface area contributed by atoms with Crippen LogP contribution in [0.3, 0.4) is 0 Å². The first-order valence-corrected chi connectivity index (χ1v) is 14.3. The van der Waals surface area contributed by atoms with E-state index in [0.717, 1.165) is 82.8 Å². The van der Waals surface area contributed by atoms with Crippen LogP contribution in [0.15, 0.2) is 48.5 Å². The quantitative estimate of drug-likeness (QED) is 0.436. The van der Waals surface area contributed by atoms with Crippen molar-refractivity contribution >= 4 is 21.6 Å². The van der Waals surface area contributed by atoms with Crippen LogP contribution in [0.4, 0.5) is 0 Å². The molecule has 0 atom stereocenters. The van der Waals surface area contributed by atoms with E-state index in [9.17, 15) is 8.42 Å². The molecular weight excluding hydrogens is 454 g/mol. The number of piperazine rings is 1. The highest BCUT2D eigenvalue weighted by Gasteiger charge is 2.26. The Morgan fingerprint density at radius 2 is 1.52 bits per heavy atom. The Kier molecular flexibility index (Phi) is 8.83. The van der Waals surface area contributed by atoms with E-state index in [0.29, 0.717) is 0 Å². The first-order valence-electron chi connectivity index (χ1n) is 12.3. The predicted octanol–water partition coefficient (Wildman–Crippen LogP) is 4.77. The standard InChI is InChI=1S/C26H36ClN3O2S/c27-24-11-9-22(10-12-24)26-8-4-3-7-23(26)21-30-18-16-29(17-19-30)15-5-1-2-6-20-33(31,32)28-25-13-14-25/h3-4,7-12,25,28H,1-2,5-6,13-21H2. The number of benzene rings is 2. The molecule has 1 aliphatic carbocycles. The van der Waals surface area contributed by atoms with Gasteiger partial charge in [0.1, 0.15) is 0 Å². The van der Waals surface area contributed by atoms with Gasteiger partial charge in [0.25, 0.3) is 0 Å². The highest BCUT2D eigenvalue weighted by Crippen LogP contribution is 2.26. The van der Waals surface area contributed by atoms with Gasteiger partial charge in [0.05, 0.1) is 5.75 Å². The van der Waals surface area contributed by atoms with E-state index in [1.54, 1.807) is 0 Å². The zero-order valence-electron chi connectivity index (χ0n) is 19.4. The molecule has 1 saturated heterocycles. The average molecular weight is 490 g/mol. The largest absolute Gasteiger partial charge is 0.301 e. The topological polar surface area (TPSA) is 52.7 Å². The molecule has 5 nitrogen and oxygen atoms in total. The summed E-state index contributed by atoms with van der Waals surface area (Å²) in [6.45, 7) is 6.45. The Morgan fingerprint density at radius 3 is 2.24 bits per heavy atom. The summed E-state index contributed by atoms with van der Waals surface area (Å²) in [4.78, 5) is 5.09. The van der Waals surface area contributed by atoms with Crippen molar-refractivity contribution in [3.8, 4) is 11.1 Å². The first kappa shape index (κ1) is 24.7. The number of nitrogens with one attached hydrogen (secondary N) is 1. The fourth-order valence-corrected chi connectivity index (χ4v) is 6.05. The Bertz CT molecular complexity index is 985. The maximum atomic E-state index is 11.9. The highest BCUT2D eigenvalue weighted by atomic mass is 35.5. The summed E-state index contributed by atoms with van der Waals surface area (Å²) in [5, 5.41) is 0.767. The van der Waals surface area contributed by atoms with E-state index in [-0.39, 0.29) is 11.8 Å². The smallest absolute Gasteiger partial charge is 0.211 e. The van der Waals surface area contributed by atoms with E-state index in [1.807, 2.05) is 12.1 Å². The van der Waals surface area contributed by atoms with Crippen molar-refractivity contribution in [3.63, 3.8) is 0 Å². The molecule has 180 valence electrons. The summed E-state index contributed by atoms with van der Waals surface area (Å²) in [6, 6.07) is 17.0. The van der Waals surface area contributed by atoms with E-state index < -0.39 is 10.0 Å². The summed E-state index contributed by atoms with van der Waals surface area (Å²) >= 11 is 6.07. The molecular formula is C26H36ClN3O2S. The fraction of sp³-hybridized carbons (Fsp3) is 0.538. The number of nitrogens with zero attached hydrogens (tertiary/aromatic N) is 2. The van der Waals surface area contributed by atoms with Crippen LogP contribution in [0.25, 0.3) is 11.1 Å². The second-order valence-corrected chi connectivity index (χ2v) is 11.7. The number of sulfonamides is 1. The van der Waals surface area contributed by atoms with Crippen LogP contribution in [-0.2, 0) is 16.6 Å². The molecule has 7 heteroatoms. The Morgan fingerprint density at radius 1 is 0.848 bits per heavy atom. The van der Waals surface area contributed by atoms with Gasteiger partial charge in [0.15, 0.2) is 0 Å². The number of rotatable bonds is 12.